The number of hydrogen-bond acceptors (Lipinski definition) is 2. The number of aromatic nitrogens is 2. The minimum absolute atomic E-state index is 0.0788. The molecule has 0 spiro atoms. The van der Waals surface area contributed by atoms with Gasteiger partial charge in [-0.1, -0.05) is 103 Å². The number of rotatable bonds is 5. The van der Waals surface area contributed by atoms with Gasteiger partial charge in [0.2, 0.25) is 0 Å². The second-order valence-electron chi connectivity index (χ2n) is 9.73. The van der Waals surface area contributed by atoms with Gasteiger partial charge in [0.05, 0.1) is 16.6 Å². The Morgan fingerprint density at radius 2 is 1.03 bits per heavy atom. The second-order valence-corrected chi connectivity index (χ2v) is 9.73. The number of hydrogen-bond donors (Lipinski definition) is 0. The van der Waals surface area contributed by atoms with Crippen molar-refractivity contribution in [2.75, 3.05) is 13.1 Å². The molecule has 0 unspecified atom stereocenters. The van der Waals surface area contributed by atoms with E-state index < -0.39 is 5.54 Å². The standard InChI is InChI=1S/C32H31N3O/c1-33-29-19-11-12-20-30(29)35(31(33)36)28-21-23-34(24-22-28)32(25-13-5-2-6-14-25,26-15-7-3-8-16-26)27-17-9-4-10-18-27/h2-20,28H,21-24H2,1H3. The molecule has 1 saturated heterocycles. The highest BCUT2D eigenvalue weighted by atomic mass is 16.1. The van der Waals surface area contributed by atoms with Crippen molar-refractivity contribution in [3.05, 3.63) is 142 Å². The summed E-state index contributed by atoms with van der Waals surface area (Å²) in [6.07, 6.45) is 1.84. The third-order valence-corrected chi connectivity index (χ3v) is 7.87. The molecule has 0 aliphatic carbocycles. The summed E-state index contributed by atoms with van der Waals surface area (Å²) < 4.78 is 3.81. The predicted octanol–water partition coefficient (Wildman–Crippen LogP) is 5.97. The first-order valence-corrected chi connectivity index (χ1v) is 12.8. The lowest BCUT2D eigenvalue weighted by molar-refractivity contribution is 0.104. The van der Waals surface area contributed by atoms with Crippen molar-refractivity contribution >= 4 is 11.0 Å². The lowest BCUT2D eigenvalue weighted by atomic mass is 9.74. The zero-order valence-corrected chi connectivity index (χ0v) is 20.6. The second kappa shape index (κ2) is 9.29. The van der Waals surface area contributed by atoms with E-state index in [4.69, 9.17) is 0 Å². The Labute approximate surface area is 212 Å². The van der Waals surface area contributed by atoms with E-state index in [1.54, 1.807) is 4.57 Å². The molecule has 0 N–H and O–H groups in total. The van der Waals surface area contributed by atoms with Crippen molar-refractivity contribution in [2.24, 2.45) is 7.05 Å². The summed E-state index contributed by atoms with van der Waals surface area (Å²) in [5.74, 6) is 0. The first-order chi connectivity index (χ1) is 17.7. The summed E-state index contributed by atoms with van der Waals surface area (Å²) in [6, 6.07) is 40.9. The fraction of sp³-hybridized carbons (Fsp3) is 0.219. The number of fused-ring (bicyclic) bond motifs is 1. The van der Waals surface area contributed by atoms with Gasteiger partial charge in [-0.25, -0.2) is 4.79 Å². The molecule has 0 bridgehead atoms. The summed E-state index contributed by atoms with van der Waals surface area (Å²) >= 11 is 0. The molecule has 2 heterocycles. The minimum atomic E-state index is -0.404. The number of piperidine rings is 1. The molecule has 4 nitrogen and oxygen atoms in total. The van der Waals surface area contributed by atoms with Crippen LogP contribution in [0.5, 0.6) is 0 Å². The van der Waals surface area contributed by atoms with Crippen molar-refractivity contribution in [3.63, 3.8) is 0 Å². The van der Waals surface area contributed by atoms with Crippen LogP contribution in [0, 0.1) is 0 Å². The number of imidazole rings is 1. The Balaban J connectivity index is 1.45. The van der Waals surface area contributed by atoms with Crippen LogP contribution < -0.4 is 5.69 Å². The average Bonchev–Trinajstić information content (AvgIpc) is 3.21. The molecule has 5 aromatic rings. The molecule has 1 aliphatic rings. The summed E-state index contributed by atoms with van der Waals surface area (Å²) in [4.78, 5) is 15.9. The summed E-state index contributed by atoms with van der Waals surface area (Å²) in [7, 11) is 1.88. The lowest BCUT2D eigenvalue weighted by Gasteiger charge is -2.48. The van der Waals surface area contributed by atoms with Gasteiger partial charge in [-0.2, -0.15) is 0 Å². The molecule has 1 aromatic heterocycles. The molecule has 0 saturated carbocycles. The maximum Gasteiger partial charge on any atom is 0.329 e. The Hall–Kier alpha value is -3.89. The van der Waals surface area contributed by atoms with Crippen LogP contribution in [0.15, 0.2) is 120 Å². The molecule has 1 fully saturated rings. The summed E-state index contributed by atoms with van der Waals surface area (Å²) in [5.41, 5.74) is 5.50. The van der Waals surface area contributed by atoms with Crippen molar-refractivity contribution in [2.45, 2.75) is 24.4 Å². The highest BCUT2D eigenvalue weighted by Gasteiger charge is 2.43. The van der Waals surface area contributed by atoms with Crippen molar-refractivity contribution in [1.82, 2.24) is 14.0 Å². The van der Waals surface area contributed by atoms with Crippen LogP contribution >= 0.6 is 0 Å². The molecule has 6 rings (SSSR count). The molecule has 180 valence electrons. The molecule has 4 heteroatoms. The van der Waals surface area contributed by atoms with Crippen molar-refractivity contribution in [3.8, 4) is 0 Å². The smallest absolute Gasteiger partial charge is 0.295 e. The Morgan fingerprint density at radius 3 is 1.50 bits per heavy atom. The average molecular weight is 474 g/mol. The fourth-order valence-corrected chi connectivity index (χ4v) is 6.22. The van der Waals surface area contributed by atoms with E-state index in [9.17, 15) is 4.79 Å². The van der Waals surface area contributed by atoms with Crippen LogP contribution in [-0.4, -0.2) is 27.1 Å². The van der Waals surface area contributed by atoms with E-state index in [1.165, 1.54) is 16.7 Å². The molecule has 0 amide bonds. The van der Waals surface area contributed by atoms with Gasteiger partial charge in [0, 0.05) is 26.2 Å². The molecule has 4 aromatic carbocycles. The Kier molecular flexibility index (Phi) is 5.82. The number of likely N-dealkylation sites (tertiary alicyclic amines) is 1. The van der Waals surface area contributed by atoms with Gasteiger partial charge in [-0.15, -0.1) is 0 Å². The van der Waals surface area contributed by atoms with Gasteiger partial charge < -0.3 is 0 Å². The fourth-order valence-electron chi connectivity index (χ4n) is 6.22. The Bertz CT molecular complexity index is 1420. The van der Waals surface area contributed by atoms with Crippen LogP contribution in [-0.2, 0) is 12.6 Å². The summed E-state index contributed by atoms with van der Waals surface area (Å²) in [5, 5.41) is 0. The van der Waals surface area contributed by atoms with E-state index in [0.29, 0.717) is 0 Å². The van der Waals surface area contributed by atoms with E-state index in [1.807, 2.05) is 29.8 Å². The van der Waals surface area contributed by atoms with Gasteiger partial charge in [0.25, 0.3) is 0 Å². The van der Waals surface area contributed by atoms with Crippen LogP contribution in [0.1, 0.15) is 35.6 Å². The zero-order valence-electron chi connectivity index (χ0n) is 20.6. The van der Waals surface area contributed by atoms with Crippen LogP contribution in [0.2, 0.25) is 0 Å². The highest BCUT2D eigenvalue weighted by Crippen LogP contribution is 2.44. The van der Waals surface area contributed by atoms with Crippen LogP contribution in [0.4, 0.5) is 0 Å². The molecule has 36 heavy (non-hydrogen) atoms. The van der Waals surface area contributed by atoms with Crippen molar-refractivity contribution in [1.29, 1.82) is 0 Å². The topological polar surface area (TPSA) is 30.2 Å². The number of para-hydroxylation sites is 2. The highest BCUT2D eigenvalue weighted by molar-refractivity contribution is 5.76. The molecule has 1 aliphatic heterocycles. The third kappa shape index (κ3) is 3.52. The van der Waals surface area contributed by atoms with Gasteiger partial charge >= 0.3 is 5.69 Å². The largest absolute Gasteiger partial charge is 0.329 e. The predicted molar refractivity (Wildman–Crippen MR) is 146 cm³/mol. The van der Waals surface area contributed by atoms with Gasteiger partial charge in [0.1, 0.15) is 0 Å². The number of benzene rings is 4. The maximum absolute atomic E-state index is 13.2. The number of aryl methyl sites for hydroxylation is 1. The number of nitrogens with zero attached hydrogens (tertiary/aromatic N) is 3. The minimum Gasteiger partial charge on any atom is -0.295 e. The SMILES string of the molecule is Cn1c(=O)n(C2CCN(C(c3ccccc3)(c3ccccc3)c3ccccc3)CC2)c2ccccc21. The van der Waals surface area contributed by atoms with E-state index in [2.05, 4.69) is 102 Å². The maximum atomic E-state index is 13.2. The molecule has 0 radical (unpaired) electrons. The Morgan fingerprint density at radius 1 is 0.611 bits per heavy atom. The van der Waals surface area contributed by atoms with E-state index >= 15 is 0 Å². The molecular weight excluding hydrogens is 442 g/mol. The normalized spacial score (nSPS) is 15.4. The molecular formula is C32H31N3O. The lowest BCUT2D eigenvalue weighted by Crippen LogP contribution is -2.52. The first kappa shape index (κ1) is 22.6. The van der Waals surface area contributed by atoms with E-state index in [-0.39, 0.29) is 11.7 Å². The quantitative estimate of drug-likeness (QED) is 0.295. The van der Waals surface area contributed by atoms with Crippen LogP contribution in [0.3, 0.4) is 0 Å². The third-order valence-electron chi connectivity index (χ3n) is 7.87. The van der Waals surface area contributed by atoms with E-state index in [0.717, 1.165) is 37.0 Å². The molecule has 0 atom stereocenters. The first-order valence-electron chi connectivity index (χ1n) is 12.8. The van der Waals surface area contributed by atoms with Gasteiger partial charge in [-0.05, 0) is 41.7 Å². The van der Waals surface area contributed by atoms with Crippen molar-refractivity contribution < 1.29 is 0 Å². The summed E-state index contributed by atoms with van der Waals surface area (Å²) in [6.45, 7) is 1.78. The monoisotopic (exact) mass is 473 g/mol. The van der Waals surface area contributed by atoms with Gasteiger partial charge in [0.15, 0.2) is 0 Å². The van der Waals surface area contributed by atoms with Crippen LogP contribution in [0.25, 0.3) is 11.0 Å². The zero-order chi connectivity index (χ0) is 24.5. The van der Waals surface area contributed by atoms with Gasteiger partial charge in [-0.3, -0.25) is 14.0 Å².